The quantitative estimate of drug-likeness (QED) is 0.696. The highest BCUT2D eigenvalue weighted by atomic mass is 32.1. The number of piperidine rings is 1. The molecule has 0 unspecified atom stereocenters. The van der Waals surface area contributed by atoms with Crippen LogP contribution in [-0.2, 0) is 0 Å². The number of benzene rings is 1. The van der Waals surface area contributed by atoms with Gasteiger partial charge in [0.2, 0.25) is 5.01 Å². The predicted octanol–water partition coefficient (Wildman–Crippen LogP) is 3.09. The van der Waals surface area contributed by atoms with Crippen LogP contribution in [-0.4, -0.2) is 52.6 Å². The van der Waals surface area contributed by atoms with Crippen LogP contribution in [0.1, 0.15) is 57.8 Å². The predicted molar refractivity (Wildman–Crippen MR) is 111 cm³/mol. The molecular formula is C20H27N5O2S. The van der Waals surface area contributed by atoms with Gasteiger partial charge in [-0.15, -0.1) is 10.2 Å². The van der Waals surface area contributed by atoms with Crippen LogP contribution in [0.15, 0.2) is 24.3 Å². The highest BCUT2D eigenvalue weighted by Crippen LogP contribution is 2.16. The van der Waals surface area contributed by atoms with Gasteiger partial charge in [-0.25, -0.2) is 0 Å². The van der Waals surface area contributed by atoms with Gasteiger partial charge in [-0.1, -0.05) is 23.8 Å². The topological polar surface area (TPSA) is 87.2 Å². The molecule has 1 saturated heterocycles. The van der Waals surface area contributed by atoms with Crippen molar-refractivity contribution in [2.45, 2.75) is 45.6 Å². The van der Waals surface area contributed by atoms with Crippen LogP contribution in [0.2, 0.25) is 0 Å². The van der Waals surface area contributed by atoms with E-state index in [4.69, 9.17) is 0 Å². The molecule has 150 valence electrons. The number of nitrogens with zero attached hydrogens (tertiary/aromatic N) is 3. The van der Waals surface area contributed by atoms with Crippen LogP contribution < -0.4 is 10.6 Å². The maximum atomic E-state index is 12.4. The molecule has 1 aromatic heterocycles. The minimum atomic E-state index is -0.321. The first-order chi connectivity index (χ1) is 13.5. The van der Waals surface area contributed by atoms with Crippen LogP contribution in [0.3, 0.4) is 0 Å². The number of likely N-dealkylation sites (tertiary alicyclic amines) is 1. The lowest BCUT2D eigenvalue weighted by atomic mass is 10.0. The zero-order chi connectivity index (χ0) is 19.9. The highest BCUT2D eigenvalue weighted by molar-refractivity contribution is 7.13. The molecule has 1 aliphatic heterocycles. The summed E-state index contributed by atoms with van der Waals surface area (Å²) in [5, 5.41) is 14.5. The van der Waals surface area contributed by atoms with Crippen molar-refractivity contribution in [2.24, 2.45) is 0 Å². The zero-order valence-electron chi connectivity index (χ0n) is 16.4. The van der Waals surface area contributed by atoms with Gasteiger partial charge in [0.25, 0.3) is 11.8 Å². The number of amides is 2. The van der Waals surface area contributed by atoms with Gasteiger partial charge in [0, 0.05) is 30.4 Å². The molecule has 0 saturated carbocycles. The molecule has 0 aliphatic carbocycles. The molecule has 2 heterocycles. The van der Waals surface area contributed by atoms with Gasteiger partial charge in [0.15, 0.2) is 0 Å². The maximum absolute atomic E-state index is 12.4. The number of hydrogen-bond acceptors (Lipinski definition) is 6. The lowest BCUT2D eigenvalue weighted by Crippen LogP contribution is -2.39. The number of carbonyl (C=O) groups excluding carboxylic acids is 2. The standard InChI is InChI=1S/C20H27N5O2S/c1-14-7-3-4-11-25(14)12-6-10-21-18(26)16-8-5-9-17(13-16)22-19(27)20-24-23-15(2)28-20/h5,8-9,13-14H,3-4,6-7,10-12H2,1-2H3,(H,21,26)(H,22,27)/t14-/m1/s1. The summed E-state index contributed by atoms with van der Waals surface area (Å²) < 4.78 is 0. The molecule has 2 N–H and O–H groups in total. The maximum Gasteiger partial charge on any atom is 0.286 e. The SMILES string of the molecule is Cc1nnc(C(=O)Nc2cccc(C(=O)NCCCN3CCCC[C@H]3C)c2)s1. The number of rotatable bonds is 7. The van der Waals surface area contributed by atoms with Crippen molar-refractivity contribution in [2.75, 3.05) is 25.0 Å². The van der Waals surface area contributed by atoms with Crippen LogP contribution in [0.5, 0.6) is 0 Å². The second kappa shape index (κ2) is 9.75. The van der Waals surface area contributed by atoms with Crippen LogP contribution in [0.4, 0.5) is 5.69 Å². The van der Waals surface area contributed by atoms with Crippen molar-refractivity contribution in [3.63, 3.8) is 0 Å². The lowest BCUT2D eigenvalue weighted by Gasteiger charge is -2.33. The summed E-state index contributed by atoms with van der Waals surface area (Å²) >= 11 is 1.23. The summed E-state index contributed by atoms with van der Waals surface area (Å²) in [6.45, 7) is 6.89. The summed E-state index contributed by atoms with van der Waals surface area (Å²) in [7, 11) is 0. The first kappa shape index (κ1) is 20.4. The van der Waals surface area contributed by atoms with Gasteiger partial charge in [-0.3, -0.25) is 9.59 Å². The molecule has 0 radical (unpaired) electrons. The Morgan fingerprint density at radius 3 is 2.86 bits per heavy atom. The van der Waals surface area contributed by atoms with E-state index in [1.165, 1.54) is 30.6 Å². The first-order valence-electron chi connectivity index (χ1n) is 9.76. The average molecular weight is 402 g/mol. The van der Waals surface area contributed by atoms with Crippen molar-refractivity contribution in [3.05, 3.63) is 39.8 Å². The van der Waals surface area contributed by atoms with Crippen molar-refractivity contribution >= 4 is 28.8 Å². The Bertz CT molecular complexity index is 822. The van der Waals surface area contributed by atoms with Gasteiger partial charge in [0.05, 0.1) is 0 Å². The summed E-state index contributed by atoms with van der Waals surface area (Å²) in [5.41, 5.74) is 1.09. The molecule has 28 heavy (non-hydrogen) atoms. The number of anilines is 1. The van der Waals surface area contributed by atoms with Crippen molar-refractivity contribution < 1.29 is 9.59 Å². The van der Waals surface area contributed by atoms with Gasteiger partial charge in [-0.05, 0) is 57.9 Å². The van der Waals surface area contributed by atoms with E-state index in [1.54, 1.807) is 31.2 Å². The second-order valence-electron chi connectivity index (χ2n) is 7.15. The smallest absolute Gasteiger partial charge is 0.286 e. The minimum Gasteiger partial charge on any atom is -0.352 e. The third-order valence-corrected chi connectivity index (χ3v) is 5.79. The second-order valence-corrected chi connectivity index (χ2v) is 8.33. The molecule has 2 aromatic rings. The van der Waals surface area contributed by atoms with Gasteiger partial charge >= 0.3 is 0 Å². The molecule has 3 rings (SSSR count). The Hall–Kier alpha value is -2.32. The van der Waals surface area contributed by atoms with Gasteiger partial charge < -0.3 is 15.5 Å². The Balaban J connectivity index is 1.47. The van der Waals surface area contributed by atoms with Crippen molar-refractivity contribution in [1.29, 1.82) is 0 Å². The van der Waals surface area contributed by atoms with Crippen molar-refractivity contribution in [1.82, 2.24) is 20.4 Å². The molecular weight excluding hydrogens is 374 g/mol. The van der Waals surface area contributed by atoms with Crippen molar-refractivity contribution in [3.8, 4) is 0 Å². The summed E-state index contributed by atoms with van der Waals surface area (Å²) in [5.74, 6) is -0.451. The molecule has 1 aromatic carbocycles. The molecule has 2 amide bonds. The van der Waals surface area contributed by atoms with E-state index in [2.05, 4.69) is 32.7 Å². The van der Waals surface area contributed by atoms with Crippen LogP contribution >= 0.6 is 11.3 Å². The Labute approximate surface area is 169 Å². The molecule has 1 aliphatic rings. The van der Waals surface area contributed by atoms with Crippen LogP contribution in [0.25, 0.3) is 0 Å². The number of carbonyl (C=O) groups is 2. The Kier molecular flexibility index (Phi) is 7.11. The molecule has 1 fully saturated rings. The van der Waals surface area contributed by atoms with Gasteiger partial charge in [0.1, 0.15) is 5.01 Å². The molecule has 7 nitrogen and oxygen atoms in total. The fraction of sp³-hybridized carbons (Fsp3) is 0.500. The summed E-state index contributed by atoms with van der Waals surface area (Å²) in [4.78, 5) is 27.1. The number of hydrogen-bond donors (Lipinski definition) is 2. The van der Waals surface area contributed by atoms with Gasteiger partial charge in [-0.2, -0.15) is 0 Å². The third-order valence-electron chi connectivity index (χ3n) is 4.95. The van der Waals surface area contributed by atoms with E-state index in [-0.39, 0.29) is 11.8 Å². The molecule has 0 bridgehead atoms. The van der Waals surface area contributed by atoms with E-state index in [9.17, 15) is 9.59 Å². The normalized spacial score (nSPS) is 17.3. The fourth-order valence-corrected chi connectivity index (χ4v) is 3.97. The minimum absolute atomic E-state index is 0.130. The van der Waals surface area contributed by atoms with E-state index < -0.39 is 0 Å². The first-order valence-corrected chi connectivity index (χ1v) is 10.6. The van der Waals surface area contributed by atoms with E-state index >= 15 is 0 Å². The average Bonchev–Trinajstić information content (AvgIpc) is 3.13. The fourth-order valence-electron chi connectivity index (χ4n) is 3.39. The zero-order valence-corrected chi connectivity index (χ0v) is 17.2. The summed E-state index contributed by atoms with van der Waals surface area (Å²) in [6, 6.07) is 7.56. The molecule has 8 heteroatoms. The Morgan fingerprint density at radius 2 is 2.11 bits per heavy atom. The number of nitrogens with one attached hydrogen (secondary N) is 2. The van der Waals surface area contributed by atoms with E-state index in [1.807, 2.05) is 0 Å². The van der Waals surface area contributed by atoms with E-state index in [0.29, 0.717) is 28.8 Å². The monoisotopic (exact) mass is 401 g/mol. The van der Waals surface area contributed by atoms with E-state index in [0.717, 1.165) is 24.5 Å². The number of aromatic nitrogens is 2. The largest absolute Gasteiger partial charge is 0.352 e. The number of aryl methyl sites for hydroxylation is 1. The summed E-state index contributed by atoms with van der Waals surface area (Å²) in [6.07, 6.45) is 4.79. The van der Waals surface area contributed by atoms with Crippen LogP contribution in [0, 0.1) is 6.92 Å². The molecule has 0 spiro atoms. The molecule has 1 atom stereocenters. The lowest BCUT2D eigenvalue weighted by molar-refractivity contribution is 0.0947. The Morgan fingerprint density at radius 1 is 1.25 bits per heavy atom. The highest BCUT2D eigenvalue weighted by Gasteiger charge is 2.17. The third kappa shape index (κ3) is 5.59.